The maximum absolute atomic E-state index is 5.87. The van der Waals surface area contributed by atoms with Gasteiger partial charge in [-0.2, -0.15) is 0 Å². The number of methoxy groups -OCH3 is 1. The molecule has 3 aromatic rings. The summed E-state index contributed by atoms with van der Waals surface area (Å²) in [6.07, 6.45) is 5.35. The maximum Gasteiger partial charge on any atom is 0.141 e. The van der Waals surface area contributed by atoms with E-state index in [1.54, 1.807) is 7.11 Å². The second-order valence-corrected chi connectivity index (χ2v) is 11.5. The predicted molar refractivity (Wildman–Crippen MR) is 149 cm³/mol. The minimum atomic E-state index is 0.282. The van der Waals surface area contributed by atoms with E-state index in [1.807, 2.05) is 0 Å². The van der Waals surface area contributed by atoms with E-state index in [2.05, 4.69) is 103 Å². The Hall–Kier alpha value is -2.78. The van der Waals surface area contributed by atoms with Gasteiger partial charge < -0.3 is 15.4 Å². The first-order chi connectivity index (χ1) is 17.6. The lowest BCUT2D eigenvalue weighted by Gasteiger charge is -2.38. The second-order valence-electron chi connectivity index (χ2n) is 11.5. The summed E-state index contributed by atoms with van der Waals surface area (Å²) < 4.78 is 5.87. The third-order valence-electron chi connectivity index (χ3n) is 9.16. The minimum Gasteiger partial charge on any atom is -0.495 e. The first-order valence-electron chi connectivity index (χ1n) is 13.9. The van der Waals surface area contributed by atoms with Crippen molar-refractivity contribution in [3.8, 4) is 5.75 Å². The number of fused-ring (bicyclic) bond motifs is 2. The van der Waals surface area contributed by atoms with Gasteiger partial charge in [-0.1, -0.05) is 87.0 Å². The summed E-state index contributed by atoms with van der Waals surface area (Å²) in [5, 5.41) is 8.37. The van der Waals surface area contributed by atoms with Crippen LogP contribution in [0.2, 0.25) is 0 Å². The summed E-state index contributed by atoms with van der Waals surface area (Å²) >= 11 is 0. The van der Waals surface area contributed by atoms with Crippen LogP contribution in [0, 0.1) is 17.8 Å². The summed E-state index contributed by atoms with van der Waals surface area (Å²) in [5.74, 6) is 4.09. The molecule has 36 heavy (non-hydrogen) atoms. The number of anilines is 1. The Labute approximate surface area is 216 Å². The van der Waals surface area contributed by atoms with Gasteiger partial charge in [0.15, 0.2) is 0 Å². The number of ether oxygens (including phenoxy) is 1. The molecule has 188 valence electrons. The van der Waals surface area contributed by atoms with Crippen molar-refractivity contribution in [2.75, 3.05) is 12.4 Å². The molecule has 3 nitrogen and oxygen atoms in total. The largest absolute Gasteiger partial charge is 0.495 e. The Morgan fingerprint density at radius 1 is 0.833 bits per heavy atom. The fourth-order valence-electron chi connectivity index (χ4n) is 7.35. The molecule has 2 saturated carbocycles. The van der Waals surface area contributed by atoms with Gasteiger partial charge in [-0.05, 0) is 71.8 Å². The van der Waals surface area contributed by atoms with Crippen LogP contribution in [0.4, 0.5) is 5.69 Å². The molecule has 6 unspecified atom stereocenters. The van der Waals surface area contributed by atoms with Crippen molar-refractivity contribution in [3.05, 3.63) is 95.6 Å². The van der Waals surface area contributed by atoms with Crippen LogP contribution in [-0.4, -0.2) is 25.2 Å². The molecule has 2 aliphatic carbocycles. The van der Waals surface area contributed by atoms with E-state index in [0.717, 1.165) is 23.3 Å². The molecule has 0 aromatic heterocycles. The van der Waals surface area contributed by atoms with Crippen molar-refractivity contribution < 1.29 is 4.74 Å². The van der Waals surface area contributed by atoms with E-state index in [1.165, 1.54) is 42.4 Å². The monoisotopic (exact) mass is 480 g/mol. The van der Waals surface area contributed by atoms with Crippen LogP contribution in [0.25, 0.3) is 0 Å². The van der Waals surface area contributed by atoms with Crippen molar-refractivity contribution >= 4 is 5.69 Å². The van der Waals surface area contributed by atoms with Gasteiger partial charge >= 0.3 is 0 Å². The number of rotatable bonds is 7. The van der Waals surface area contributed by atoms with Crippen LogP contribution in [0.1, 0.15) is 68.1 Å². The SMILES string of the molecule is COc1ccc(C(C)C)cc1NC1C(C(c2ccccc2)c2ccccc2)NC2CCCC3C(C2)C31. The lowest BCUT2D eigenvalue weighted by molar-refractivity contribution is 0.351. The number of benzene rings is 3. The van der Waals surface area contributed by atoms with Crippen molar-refractivity contribution in [1.82, 2.24) is 5.32 Å². The van der Waals surface area contributed by atoms with Crippen LogP contribution in [0.3, 0.4) is 0 Å². The summed E-state index contributed by atoms with van der Waals surface area (Å²) in [4.78, 5) is 0. The lowest BCUT2D eigenvalue weighted by atomic mass is 9.80. The molecule has 3 aromatic carbocycles. The van der Waals surface area contributed by atoms with Crippen LogP contribution in [0.15, 0.2) is 78.9 Å². The van der Waals surface area contributed by atoms with E-state index in [0.29, 0.717) is 30.0 Å². The quantitative estimate of drug-likeness (QED) is 0.375. The highest BCUT2D eigenvalue weighted by molar-refractivity contribution is 5.60. The van der Waals surface area contributed by atoms with Crippen molar-refractivity contribution in [3.63, 3.8) is 0 Å². The molecule has 6 rings (SSSR count). The molecule has 2 bridgehead atoms. The summed E-state index contributed by atoms with van der Waals surface area (Å²) in [5.41, 5.74) is 5.28. The molecule has 2 N–H and O–H groups in total. The molecule has 1 heterocycles. The third-order valence-corrected chi connectivity index (χ3v) is 9.16. The predicted octanol–water partition coefficient (Wildman–Crippen LogP) is 7.21. The van der Waals surface area contributed by atoms with Crippen LogP contribution < -0.4 is 15.4 Å². The molecule has 3 fully saturated rings. The highest BCUT2D eigenvalue weighted by Crippen LogP contribution is 2.59. The van der Waals surface area contributed by atoms with Crippen LogP contribution >= 0.6 is 0 Å². The Bertz CT molecular complexity index is 1120. The van der Waals surface area contributed by atoms with Crippen LogP contribution in [0.5, 0.6) is 5.75 Å². The van der Waals surface area contributed by atoms with Gasteiger partial charge in [0.2, 0.25) is 0 Å². The lowest BCUT2D eigenvalue weighted by Crippen LogP contribution is -2.51. The smallest absolute Gasteiger partial charge is 0.141 e. The van der Waals surface area contributed by atoms with Gasteiger partial charge in [0.25, 0.3) is 0 Å². The molecule has 3 heteroatoms. The molecular weight excluding hydrogens is 440 g/mol. The zero-order valence-electron chi connectivity index (χ0n) is 21.9. The zero-order valence-corrected chi connectivity index (χ0v) is 21.9. The summed E-state index contributed by atoms with van der Waals surface area (Å²) in [6.45, 7) is 4.53. The Balaban J connectivity index is 1.46. The molecule has 1 aliphatic heterocycles. The topological polar surface area (TPSA) is 33.3 Å². The van der Waals surface area contributed by atoms with Crippen molar-refractivity contribution in [2.24, 2.45) is 17.8 Å². The molecule has 0 radical (unpaired) electrons. The van der Waals surface area contributed by atoms with Gasteiger partial charge in [-0.3, -0.25) is 0 Å². The second kappa shape index (κ2) is 9.94. The Morgan fingerprint density at radius 3 is 2.17 bits per heavy atom. The number of nitrogens with one attached hydrogen (secondary N) is 2. The number of hydrogen-bond acceptors (Lipinski definition) is 3. The van der Waals surface area contributed by atoms with E-state index >= 15 is 0 Å². The number of hydrogen-bond donors (Lipinski definition) is 2. The molecule has 3 aliphatic rings. The standard InChI is InChI=1S/C33H40N2O/c1-21(2)24-17-18-29(36-3)28(19-24)35-33-31-26-16-10-15-25(20-27(26)31)34-32(33)30(22-11-6-4-7-12-22)23-13-8-5-9-14-23/h4-9,11-14,17-19,21,25-27,30-35H,10,15-16,20H2,1-3H3. The van der Waals surface area contributed by atoms with E-state index < -0.39 is 0 Å². The molecule has 0 spiro atoms. The molecule has 1 saturated heterocycles. The van der Waals surface area contributed by atoms with Gasteiger partial charge in [-0.25, -0.2) is 0 Å². The molecule has 0 amide bonds. The minimum absolute atomic E-state index is 0.282. The van der Waals surface area contributed by atoms with Crippen molar-refractivity contribution in [1.29, 1.82) is 0 Å². The van der Waals surface area contributed by atoms with E-state index in [9.17, 15) is 0 Å². The average molecular weight is 481 g/mol. The molecule has 6 atom stereocenters. The zero-order chi connectivity index (χ0) is 24.6. The fourth-order valence-corrected chi connectivity index (χ4v) is 7.35. The van der Waals surface area contributed by atoms with Gasteiger partial charge in [0.1, 0.15) is 5.75 Å². The highest BCUT2D eigenvalue weighted by Gasteiger charge is 2.59. The fraction of sp³-hybridized carbons (Fsp3) is 0.455. The third kappa shape index (κ3) is 4.43. The Kier molecular flexibility index (Phi) is 6.52. The average Bonchev–Trinajstić information content (AvgIpc) is 3.63. The summed E-state index contributed by atoms with van der Waals surface area (Å²) in [6, 6.07) is 30.2. The normalized spacial score (nSPS) is 28.9. The van der Waals surface area contributed by atoms with Gasteiger partial charge in [-0.15, -0.1) is 0 Å². The maximum atomic E-state index is 5.87. The Morgan fingerprint density at radius 2 is 1.53 bits per heavy atom. The van der Waals surface area contributed by atoms with Gasteiger partial charge in [0.05, 0.1) is 12.8 Å². The van der Waals surface area contributed by atoms with E-state index in [-0.39, 0.29) is 5.92 Å². The first-order valence-corrected chi connectivity index (χ1v) is 13.9. The molecular formula is C33H40N2O. The van der Waals surface area contributed by atoms with Crippen LogP contribution in [-0.2, 0) is 0 Å². The first kappa shape index (κ1) is 23.6. The van der Waals surface area contributed by atoms with Crippen molar-refractivity contribution in [2.45, 2.75) is 69.5 Å². The van der Waals surface area contributed by atoms with E-state index in [4.69, 9.17) is 4.74 Å². The summed E-state index contributed by atoms with van der Waals surface area (Å²) in [7, 11) is 1.79. The highest BCUT2D eigenvalue weighted by atomic mass is 16.5. The van der Waals surface area contributed by atoms with Gasteiger partial charge in [0, 0.05) is 24.0 Å².